The van der Waals surface area contributed by atoms with Crippen LogP contribution in [0.2, 0.25) is 0 Å². The van der Waals surface area contributed by atoms with Crippen molar-refractivity contribution in [2.75, 3.05) is 0 Å². The molecule has 0 aliphatic heterocycles. The highest BCUT2D eigenvalue weighted by Gasteiger charge is 2.22. The molecular formula is C16H34. The Hall–Kier alpha value is 0. The molecule has 1 atom stereocenters. The molecule has 0 heteroatoms. The van der Waals surface area contributed by atoms with E-state index in [1.807, 2.05) is 0 Å². The van der Waals surface area contributed by atoms with E-state index in [-0.39, 0.29) is 0 Å². The predicted molar refractivity (Wildman–Crippen MR) is 75.7 cm³/mol. The van der Waals surface area contributed by atoms with Crippen LogP contribution in [0.1, 0.15) is 81.1 Å². The van der Waals surface area contributed by atoms with Gasteiger partial charge in [-0.3, -0.25) is 0 Å². The predicted octanol–water partition coefficient (Wildman–Crippen LogP) is 5.91. The van der Waals surface area contributed by atoms with Crippen molar-refractivity contribution in [2.45, 2.75) is 81.1 Å². The Labute approximate surface area is 104 Å². The average molecular weight is 226 g/mol. The van der Waals surface area contributed by atoms with Gasteiger partial charge in [0.25, 0.3) is 0 Å². The first-order chi connectivity index (χ1) is 7.02. The Morgan fingerprint density at radius 3 is 1.69 bits per heavy atom. The summed E-state index contributed by atoms with van der Waals surface area (Å²) in [6.07, 6.45) is 5.47. The average Bonchev–Trinajstić information content (AvgIpc) is 1.95. The van der Waals surface area contributed by atoms with E-state index in [0.29, 0.717) is 10.8 Å². The summed E-state index contributed by atoms with van der Waals surface area (Å²) >= 11 is 0. The number of rotatable bonds is 6. The van der Waals surface area contributed by atoms with Crippen molar-refractivity contribution in [3.8, 4) is 0 Å². The molecule has 1 unspecified atom stereocenters. The van der Waals surface area contributed by atoms with Crippen molar-refractivity contribution in [1.82, 2.24) is 0 Å². The largest absolute Gasteiger partial charge is 0.0628 e. The van der Waals surface area contributed by atoms with Gasteiger partial charge in [0, 0.05) is 0 Å². The van der Waals surface area contributed by atoms with Crippen molar-refractivity contribution < 1.29 is 0 Å². The Morgan fingerprint density at radius 1 is 0.812 bits per heavy atom. The maximum Gasteiger partial charge on any atom is -0.0352 e. The second-order valence-electron chi connectivity index (χ2n) is 8.17. The van der Waals surface area contributed by atoms with Crippen molar-refractivity contribution in [3.05, 3.63) is 0 Å². The van der Waals surface area contributed by atoms with Crippen molar-refractivity contribution in [2.24, 2.45) is 22.7 Å². The van der Waals surface area contributed by atoms with Gasteiger partial charge in [-0.05, 0) is 41.9 Å². The van der Waals surface area contributed by atoms with Gasteiger partial charge in [-0.25, -0.2) is 0 Å². The first-order valence-corrected chi connectivity index (χ1v) is 7.02. The van der Waals surface area contributed by atoms with Crippen LogP contribution in [-0.4, -0.2) is 0 Å². The summed E-state index contributed by atoms with van der Waals surface area (Å²) in [5.41, 5.74) is 1.02. The third-order valence-electron chi connectivity index (χ3n) is 3.24. The zero-order valence-electron chi connectivity index (χ0n) is 13.0. The Balaban J connectivity index is 3.95. The summed E-state index contributed by atoms with van der Waals surface area (Å²) in [6, 6.07) is 0. The van der Waals surface area contributed by atoms with Gasteiger partial charge in [-0.2, -0.15) is 0 Å². The highest BCUT2D eigenvalue weighted by Crippen LogP contribution is 2.34. The van der Waals surface area contributed by atoms with Gasteiger partial charge in [-0.1, -0.05) is 61.8 Å². The van der Waals surface area contributed by atoms with E-state index in [9.17, 15) is 0 Å². The topological polar surface area (TPSA) is 0 Å². The summed E-state index contributed by atoms with van der Waals surface area (Å²) in [5.74, 6) is 1.69. The Morgan fingerprint density at radius 2 is 1.31 bits per heavy atom. The highest BCUT2D eigenvalue weighted by molar-refractivity contribution is 4.73. The Kier molecular flexibility index (Phi) is 6.07. The third kappa shape index (κ3) is 9.24. The lowest BCUT2D eigenvalue weighted by atomic mass is 9.76. The monoisotopic (exact) mass is 226 g/mol. The first kappa shape index (κ1) is 16.0. The first-order valence-electron chi connectivity index (χ1n) is 7.02. The van der Waals surface area contributed by atoms with Gasteiger partial charge in [-0.15, -0.1) is 0 Å². The summed E-state index contributed by atoms with van der Waals surface area (Å²) in [6.45, 7) is 19.0. The van der Waals surface area contributed by atoms with Gasteiger partial charge in [0.15, 0.2) is 0 Å². The van der Waals surface area contributed by atoms with Crippen LogP contribution in [0.3, 0.4) is 0 Å². The maximum atomic E-state index is 2.43. The molecule has 0 rings (SSSR count). The van der Waals surface area contributed by atoms with Crippen LogP contribution in [-0.2, 0) is 0 Å². The smallest absolute Gasteiger partial charge is 0.0352 e. The number of hydrogen-bond acceptors (Lipinski definition) is 0. The molecule has 0 amide bonds. The van der Waals surface area contributed by atoms with Crippen molar-refractivity contribution in [1.29, 1.82) is 0 Å². The normalized spacial score (nSPS) is 15.6. The van der Waals surface area contributed by atoms with Gasteiger partial charge in [0.05, 0.1) is 0 Å². The zero-order valence-corrected chi connectivity index (χ0v) is 13.0. The van der Waals surface area contributed by atoms with E-state index in [2.05, 4.69) is 55.4 Å². The molecule has 0 heterocycles. The molecule has 0 saturated heterocycles. The molecule has 98 valence electrons. The molecule has 0 aromatic rings. The fourth-order valence-corrected chi connectivity index (χ4v) is 2.99. The van der Waals surface area contributed by atoms with E-state index >= 15 is 0 Å². The van der Waals surface area contributed by atoms with Gasteiger partial charge in [0.1, 0.15) is 0 Å². The molecule has 0 fully saturated rings. The quantitative estimate of drug-likeness (QED) is 0.528. The molecule has 0 saturated carbocycles. The van der Waals surface area contributed by atoms with Crippen LogP contribution < -0.4 is 0 Å². The summed E-state index contributed by atoms with van der Waals surface area (Å²) < 4.78 is 0. The minimum Gasteiger partial charge on any atom is -0.0628 e. The molecule has 0 nitrogen and oxygen atoms in total. The molecule has 0 aromatic heterocycles. The second kappa shape index (κ2) is 6.07. The standard InChI is InChI=1S/C16H34/c1-13(2)11-16(7,8)10-9-14(3)12-15(4,5)6/h13-14H,9-12H2,1-8H3. The minimum atomic E-state index is 0.488. The summed E-state index contributed by atoms with van der Waals surface area (Å²) in [4.78, 5) is 0. The highest BCUT2D eigenvalue weighted by atomic mass is 14.3. The summed E-state index contributed by atoms with van der Waals surface area (Å²) in [5, 5.41) is 0. The molecule has 0 aliphatic rings. The SMILES string of the molecule is CC(C)CC(C)(C)CCC(C)CC(C)(C)C. The van der Waals surface area contributed by atoms with Gasteiger partial charge >= 0.3 is 0 Å². The molecule has 0 spiro atoms. The lowest BCUT2D eigenvalue weighted by Gasteiger charge is -2.30. The van der Waals surface area contributed by atoms with Crippen LogP contribution in [0.25, 0.3) is 0 Å². The van der Waals surface area contributed by atoms with Crippen molar-refractivity contribution in [3.63, 3.8) is 0 Å². The van der Waals surface area contributed by atoms with E-state index < -0.39 is 0 Å². The van der Waals surface area contributed by atoms with Gasteiger partial charge in [0.2, 0.25) is 0 Å². The summed E-state index contributed by atoms with van der Waals surface area (Å²) in [7, 11) is 0. The molecule has 0 radical (unpaired) electrons. The van der Waals surface area contributed by atoms with Crippen molar-refractivity contribution >= 4 is 0 Å². The zero-order chi connectivity index (χ0) is 13.0. The molecule has 0 aromatic carbocycles. The third-order valence-corrected chi connectivity index (χ3v) is 3.24. The van der Waals surface area contributed by atoms with Crippen LogP contribution in [0.5, 0.6) is 0 Å². The van der Waals surface area contributed by atoms with Crippen LogP contribution in [0.4, 0.5) is 0 Å². The maximum absolute atomic E-state index is 2.43. The molecular weight excluding hydrogens is 192 g/mol. The molecule has 16 heavy (non-hydrogen) atoms. The molecule has 0 bridgehead atoms. The lowest BCUT2D eigenvalue weighted by Crippen LogP contribution is -2.17. The number of hydrogen-bond donors (Lipinski definition) is 0. The second-order valence-corrected chi connectivity index (χ2v) is 8.17. The van der Waals surface area contributed by atoms with E-state index in [0.717, 1.165) is 11.8 Å². The lowest BCUT2D eigenvalue weighted by molar-refractivity contribution is 0.220. The van der Waals surface area contributed by atoms with Crippen LogP contribution >= 0.6 is 0 Å². The van der Waals surface area contributed by atoms with E-state index in [1.54, 1.807) is 0 Å². The fourth-order valence-electron chi connectivity index (χ4n) is 2.99. The Bertz CT molecular complexity index is 181. The fraction of sp³-hybridized carbons (Fsp3) is 1.00. The minimum absolute atomic E-state index is 0.488. The van der Waals surface area contributed by atoms with Crippen LogP contribution in [0, 0.1) is 22.7 Å². The van der Waals surface area contributed by atoms with E-state index in [4.69, 9.17) is 0 Å². The van der Waals surface area contributed by atoms with Gasteiger partial charge < -0.3 is 0 Å². The molecule has 0 N–H and O–H groups in total. The van der Waals surface area contributed by atoms with E-state index in [1.165, 1.54) is 25.7 Å². The van der Waals surface area contributed by atoms with Crippen LogP contribution in [0.15, 0.2) is 0 Å². The molecule has 0 aliphatic carbocycles.